The van der Waals surface area contributed by atoms with Crippen molar-refractivity contribution >= 4 is 29.3 Å². The van der Waals surface area contributed by atoms with Crippen molar-refractivity contribution in [2.45, 2.75) is 33.4 Å². The molecule has 0 atom stereocenters. The Morgan fingerprint density at radius 1 is 1.44 bits per heavy atom. The lowest BCUT2D eigenvalue weighted by atomic mass is 10.1. The number of ether oxygens (including phenoxy) is 1. The molecule has 0 saturated heterocycles. The van der Waals surface area contributed by atoms with Gasteiger partial charge in [-0.3, -0.25) is 9.10 Å². The highest BCUT2D eigenvalue weighted by atomic mass is 35.5. The largest absolute Gasteiger partial charge is 0.476 e. The first-order chi connectivity index (χ1) is 13.0. The van der Waals surface area contributed by atoms with Gasteiger partial charge in [0.15, 0.2) is 5.69 Å². The maximum Gasteiger partial charge on any atom is 0.356 e. The van der Waals surface area contributed by atoms with Crippen LogP contribution in [0.1, 0.15) is 40.7 Å². The summed E-state index contributed by atoms with van der Waals surface area (Å²) >= 11 is 6.21. The topological polar surface area (TPSA) is 92.5 Å². The molecule has 2 aromatic rings. The van der Waals surface area contributed by atoms with E-state index in [1.807, 2.05) is 26.0 Å². The number of pyridine rings is 1. The van der Waals surface area contributed by atoms with Gasteiger partial charge in [-0.15, -0.1) is 0 Å². The molecule has 2 N–H and O–H groups in total. The maximum atomic E-state index is 11.7. The number of hydrogen-bond donors (Lipinski definition) is 2. The Hall–Kier alpha value is -2.58. The van der Waals surface area contributed by atoms with Crippen molar-refractivity contribution in [1.29, 1.82) is 0 Å². The minimum absolute atomic E-state index is 0.00394. The van der Waals surface area contributed by atoms with Crippen LogP contribution in [0.4, 0.5) is 5.82 Å². The third-order valence-electron chi connectivity index (χ3n) is 4.06. The molecule has 0 amide bonds. The van der Waals surface area contributed by atoms with Gasteiger partial charge in [0, 0.05) is 36.3 Å². The molecule has 0 unspecified atom stereocenters. The van der Waals surface area contributed by atoms with Crippen molar-refractivity contribution in [3.8, 4) is 0 Å². The number of aromatic nitrogens is 3. The number of anilines is 1. The highest BCUT2D eigenvalue weighted by Gasteiger charge is 2.29. The molecule has 0 aliphatic carbocycles. The van der Waals surface area contributed by atoms with E-state index >= 15 is 0 Å². The van der Waals surface area contributed by atoms with Crippen LogP contribution in [0.15, 0.2) is 24.5 Å². The molecule has 9 heteroatoms. The van der Waals surface area contributed by atoms with E-state index in [0.29, 0.717) is 42.5 Å². The van der Waals surface area contributed by atoms with Crippen LogP contribution in [0, 0.1) is 6.92 Å². The van der Waals surface area contributed by atoms with Crippen LogP contribution in [0.25, 0.3) is 5.70 Å². The SMILES string of the molecule is CCCOCCn1nc(C(=O)O)c2c1C(Nc1cc(C)ccn1)=CN(Cl)C2. The zero-order valence-corrected chi connectivity index (χ0v) is 16.0. The van der Waals surface area contributed by atoms with E-state index in [1.54, 1.807) is 17.1 Å². The number of carboxylic acids is 1. The molecular weight excluding hydrogens is 370 g/mol. The van der Waals surface area contributed by atoms with Crippen molar-refractivity contribution in [3.63, 3.8) is 0 Å². The smallest absolute Gasteiger partial charge is 0.356 e. The summed E-state index contributed by atoms with van der Waals surface area (Å²) in [6, 6.07) is 3.80. The summed E-state index contributed by atoms with van der Waals surface area (Å²) in [7, 11) is 0. The highest BCUT2D eigenvalue weighted by molar-refractivity contribution is 6.14. The van der Waals surface area contributed by atoms with Gasteiger partial charge in [-0.25, -0.2) is 9.78 Å². The summed E-state index contributed by atoms with van der Waals surface area (Å²) in [5.74, 6) is -0.439. The average Bonchev–Trinajstić information content (AvgIpc) is 2.97. The summed E-state index contributed by atoms with van der Waals surface area (Å²) in [5, 5.41) is 17.1. The Bertz CT molecular complexity index is 865. The fraction of sp³-hybridized carbons (Fsp3) is 0.389. The third-order valence-corrected chi connectivity index (χ3v) is 4.28. The summed E-state index contributed by atoms with van der Waals surface area (Å²) < 4.78 is 8.61. The normalized spacial score (nSPS) is 13.3. The lowest BCUT2D eigenvalue weighted by Crippen LogP contribution is -2.20. The molecular formula is C18H22ClN5O3. The number of carboxylic acid groups (broad SMARTS) is 1. The first kappa shape index (κ1) is 19.2. The van der Waals surface area contributed by atoms with Gasteiger partial charge in [0.2, 0.25) is 0 Å². The second kappa shape index (κ2) is 8.41. The molecule has 8 nitrogen and oxygen atoms in total. The predicted octanol–water partition coefficient (Wildman–Crippen LogP) is 3.09. The predicted molar refractivity (Wildman–Crippen MR) is 102 cm³/mol. The van der Waals surface area contributed by atoms with Gasteiger partial charge in [0.25, 0.3) is 0 Å². The third kappa shape index (κ3) is 4.40. The number of carbonyl (C=O) groups is 1. The van der Waals surface area contributed by atoms with E-state index < -0.39 is 5.97 Å². The molecule has 2 aromatic heterocycles. The zero-order valence-electron chi connectivity index (χ0n) is 15.3. The molecule has 0 saturated carbocycles. The summed E-state index contributed by atoms with van der Waals surface area (Å²) in [5.41, 5.74) is 2.94. The van der Waals surface area contributed by atoms with Crippen LogP contribution in [-0.2, 0) is 17.8 Å². The number of nitrogens with one attached hydrogen (secondary N) is 1. The number of hydrogen-bond acceptors (Lipinski definition) is 6. The van der Waals surface area contributed by atoms with Crippen LogP contribution < -0.4 is 5.32 Å². The van der Waals surface area contributed by atoms with E-state index in [0.717, 1.165) is 12.0 Å². The van der Waals surface area contributed by atoms with Crippen LogP contribution in [0.5, 0.6) is 0 Å². The maximum absolute atomic E-state index is 11.7. The molecule has 144 valence electrons. The molecule has 1 aliphatic rings. The number of aryl methyl sites for hydroxylation is 1. The van der Waals surface area contributed by atoms with E-state index in [-0.39, 0.29) is 12.2 Å². The summed E-state index contributed by atoms with van der Waals surface area (Å²) in [6.07, 6.45) is 4.34. The van der Waals surface area contributed by atoms with Gasteiger partial charge in [0.1, 0.15) is 5.82 Å². The zero-order chi connectivity index (χ0) is 19.4. The molecule has 1 aliphatic heterocycles. The minimum Gasteiger partial charge on any atom is -0.476 e. The Kier molecular flexibility index (Phi) is 5.98. The van der Waals surface area contributed by atoms with E-state index in [9.17, 15) is 9.90 Å². The fourth-order valence-electron chi connectivity index (χ4n) is 2.91. The van der Waals surface area contributed by atoms with Gasteiger partial charge in [0.05, 0.1) is 31.1 Å². The van der Waals surface area contributed by atoms with Gasteiger partial charge < -0.3 is 15.2 Å². The average molecular weight is 392 g/mol. The molecule has 0 spiro atoms. The number of nitrogens with zero attached hydrogens (tertiary/aromatic N) is 4. The fourth-order valence-corrected chi connectivity index (χ4v) is 3.13. The van der Waals surface area contributed by atoms with Crippen molar-refractivity contribution in [2.75, 3.05) is 18.5 Å². The van der Waals surface area contributed by atoms with Crippen molar-refractivity contribution < 1.29 is 14.6 Å². The van der Waals surface area contributed by atoms with E-state index in [1.165, 1.54) is 4.42 Å². The lowest BCUT2D eigenvalue weighted by Gasteiger charge is -2.23. The Balaban J connectivity index is 1.96. The Morgan fingerprint density at radius 2 is 2.26 bits per heavy atom. The molecule has 0 aromatic carbocycles. The minimum atomic E-state index is -1.08. The number of aromatic carboxylic acids is 1. The number of halogens is 1. The second-order valence-electron chi connectivity index (χ2n) is 6.26. The first-order valence-electron chi connectivity index (χ1n) is 8.74. The lowest BCUT2D eigenvalue weighted by molar-refractivity contribution is 0.0686. The van der Waals surface area contributed by atoms with E-state index in [2.05, 4.69) is 15.4 Å². The van der Waals surface area contributed by atoms with Gasteiger partial charge in [-0.05, 0) is 31.0 Å². The number of fused-ring (bicyclic) bond motifs is 1. The van der Waals surface area contributed by atoms with Gasteiger partial charge in [-0.1, -0.05) is 6.92 Å². The van der Waals surface area contributed by atoms with Crippen molar-refractivity contribution in [2.24, 2.45) is 0 Å². The van der Waals surface area contributed by atoms with Crippen LogP contribution in [-0.4, -0.2) is 43.5 Å². The molecule has 0 fully saturated rings. The van der Waals surface area contributed by atoms with Gasteiger partial charge in [-0.2, -0.15) is 5.10 Å². The Labute approximate surface area is 162 Å². The van der Waals surface area contributed by atoms with Crippen LogP contribution >= 0.6 is 11.8 Å². The van der Waals surface area contributed by atoms with Crippen molar-refractivity contribution in [3.05, 3.63) is 47.0 Å². The Morgan fingerprint density at radius 3 is 2.96 bits per heavy atom. The summed E-state index contributed by atoms with van der Waals surface area (Å²) in [4.78, 5) is 16.0. The quantitative estimate of drug-likeness (QED) is 0.527. The van der Waals surface area contributed by atoms with Crippen LogP contribution in [0.2, 0.25) is 0 Å². The second-order valence-corrected chi connectivity index (χ2v) is 6.69. The molecule has 27 heavy (non-hydrogen) atoms. The van der Waals surface area contributed by atoms with Gasteiger partial charge >= 0.3 is 5.97 Å². The molecule has 0 bridgehead atoms. The number of rotatable bonds is 8. The first-order valence-corrected chi connectivity index (χ1v) is 9.08. The van der Waals surface area contributed by atoms with E-state index in [4.69, 9.17) is 16.5 Å². The summed E-state index contributed by atoms with van der Waals surface area (Å²) in [6.45, 7) is 5.80. The molecule has 0 radical (unpaired) electrons. The highest BCUT2D eigenvalue weighted by Crippen LogP contribution is 2.31. The van der Waals surface area contributed by atoms with Crippen molar-refractivity contribution in [1.82, 2.24) is 19.2 Å². The molecule has 3 heterocycles. The van der Waals surface area contributed by atoms with Crippen LogP contribution in [0.3, 0.4) is 0 Å². The molecule has 3 rings (SSSR count). The standard InChI is InChI=1S/C18H22ClN5O3/c1-3-7-27-8-6-24-17-13(16(22-24)18(25)26)10-23(19)11-14(17)21-15-9-12(2)4-5-20-15/h4-5,9,11H,3,6-8,10H2,1-2H3,(H,20,21)(H,25,26). The monoisotopic (exact) mass is 391 g/mol.